The molecule has 0 bridgehead atoms. The third-order valence-electron chi connectivity index (χ3n) is 1.96. The molecule has 0 spiro atoms. The van der Waals surface area contributed by atoms with Crippen molar-refractivity contribution in [2.24, 2.45) is 0 Å². The highest BCUT2D eigenvalue weighted by Crippen LogP contribution is 2.19. The number of halogens is 1. The van der Waals surface area contributed by atoms with E-state index in [1.165, 1.54) is 6.20 Å². The summed E-state index contributed by atoms with van der Waals surface area (Å²) in [5.74, 6) is 0.0947. The Morgan fingerprint density at radius 3 is 3.06 bits per heavy atom. The highest BCUT2D eigenvalue weighted by molar-refractivity contribution is 6.29. The Hall–Kier alpha value is -1.89. The first kappa shape index (κ1) is 10.6. The molecule has 0 atom stereocenters. The first-order valence-electron chi connectivity index (χ1n) is 4.43. The number of nitrogens with one attached hydrogen (secondary N) is 2. The van der Waals surface area contributed by atoms with E-state index in [1.54, 1.807) is 6.92 Å². The van der Waals surface area contributed by atoms with Crippen LogP contribution in [-0.2, 0) is 11.2 Å². The van der Waals surface area contributed by atoms with Crippen molar-refractivity contribution in [2.75, 3.05) is 5.32 Å². The Balaban J connectivity index is 2.03. The molecular formula is C8H8ClN5O2. The number of aromatic amines is 1. The van der Waals surface area contributed by atoms with Gasteiger partial charge >= 0.3 is 0 Å². The normalized spacial score (nSPS) is 10.4. The molecule has 2 rings (SSSR count). The number of carbonyl (C=O) groups excluding carboxylic acids is 1. The number of carbonyl (C=O) groups is 1. The fraction of sp³-hybridized carbons (Fsp3) is 0.250. The van der Waals surface area contributed by atoms with Crippen molar-refractivity contribution in [1.29, 1.82) is 0 Å². The van der Waals surface area contributed by atoms with Crippen molar-refractivity contribution >= 4 is 23.3 Å². The van der Waals surface area contributed by atoms with Gasteiger partial charge in [-0.25, -0.2) is 0 Å². The van der Waals surface area contributed by atoms with Crippen molar-refractivity contribution in [2.45, 2.75) is 13.3 Å². The standard InChI is InChI=1S/C8H8ClN5O2/c1-4-5(8(9)16-13-4)2-7(15)11-6-3-10-14-12-6/h3H,2H2,1H3,(H2,10,11,12,14,15). The maximum Gasteiger partial charge on any atom is 0.230 e. The van der Waals surface area contributed by atoms with Crippen LogP contribution in [0.1, 0.15) is 11.3 Å². The summed E-state index contributed by atoms with van der Waals surface area (Å²) >= 11 is 5.73. The number of amides is 1. The Morgan fingerprint density at radius 1 is 1.69 bits per heavy atom. The predicted octanol–water partition coefficient (Wildman–Crippen LogP) is 0.936. The molecule has 8 heteroatoms. The summed E-state index contributed by atoms with van der Waals surface area (Å²) in [5.41, 5.74) is 1.17. The quantitative estimate of drug-likeness (QED) is 0.833. The Morgan fingerprint density at radius 2 is 2.50 bits per heavy atom. The summed E-state index contributed by atoms with van der Waals surface area (Å²) in [7, 11) is 0. The van der Waals surface area contributed by atoms with Gasteiger partial charge in [-0.1, -0.05) is 5.16 Å². The second kappa shape index (κ2) is 4.31. The molecule has 2 heterocycles. The zero-order chi connectivity index (χ0) is 11.5. The van der Waals surface area contributed by atoms with E-state index in [0.29, 0.717) is 17.1 Å². The van der Waals surface area contributed by atoms with Crippen LogP contribution in [-0.4, -0.2) is 26.5 Å². The third kappa shape index (κ3) is 2.19. The molecule has 2 aromatic heterocycles. The summed E-state index contributed by atoms with van der Waals surface area (Å²) in [5, 5.41) is 16.0. The fourth-order valence-electron chi connectivity index (χ4n) is 1.17. The van der Waals surface area contributed by atoms with Crippen molar-refractivity contribution in [3.05, 3.63) is 22.7 Å². The molecular weight excluding hydrogens is 234 g/mol. The number of aryl methyl sites for hydroxylation is 1. The van der Waals surface area contributed by atoms with Crippen LogP contribution < -0.4 is 5.32 Å². The Labute approximate surface area is 95.1 Å². The van der Waals surface area contributed by atoms with Crippen LogP contribution in [0.5, 0.6) is 0 Å². The van der Waals surface area contributed by atoms with Gasteiger partial charge in [0.1, 0.15) is 0 Å². The smallest absolute Gasteiger partial charge is 0.230 e. The monoisotopic (exact) mass is 241 g/mol. The van der Waals surface area contributed by atoms with E-state index in [4.69, 9.17) is 16.1 Å². The summed E-state index contributed by atoms with van der Waals surface area (Å²) in [6.07, 6.45) is 1.49. The lowest BCUT2D eigenvalue weighted by atomic mass is 10.2. The van der Waals surface area contributed by atoms with E-state index in [0.717, 1.165) is 0 Å². The summed E-state index contributed by atoms with van der Waals surface area (Å²) < 4.78 is 4.73. The molecule has 2 N–H and O–H groups in total. The highest BCUT2D eigenvalue weighted by Gasteiger charge is 2.15. The highest BCUT2D eigenvalue weighted by atomic mass is 35.5. The molecule has 0 unspecified atom stereocenters. The predicted molar refractivity (Wildman–Crippen MR) is 55.0 cm³/mol. The van der Waals surface area contributed by atoms with E-state index < -0.39 is 0 Å². The minimum absolute atomic E-state index is 0.0844. The molecule has 0 saturated heterocycles. The maximum absolute atomic E-state index is 11.6. The largest absolute Gasteiger partial charge is 0.344 e. The van der Waals surface area contributed by atoms with E-state index in [-0.39, 0.29) is 17.5 Å². The van der Waals surface area contributed by atoms with Crippen LogP contribution >= 0.6 is 11.6 Å². The van der Waals surface area contributed by atoms with Crippen LogP contribution in [0.3, 0.4) is 0 Å². The number of aromatic nitrogens is 4. The molecule has 0 aliphatic heterocycles. The van der Waals surface area contributed by atoms with E-state index in [2.05, 4.69) is 25.9 Å². The van der Waals surface area contributed by atoms with Crippen LogP contribution in [0.25, 0.3) is 0 Å². The lowest BCUT2D eigenvalue weighted by Crippen LogP contribution is -2.15. The van der Waals surface area contributed by atoms with Gasteiger partial charge < -0.3 is 9.84 Å². The number of H-pyrrole nitrogens is 1. The van der Waals surface area contributed by atoms with Gasteiger partial charge in [0.25, 0.3) is 0 Å². The minimum atomic E-state index is -0.262. The second-order valence-corrected chi connectivity index (χ2v) is 3.44. The molecule has 0 aliphatic rings. The van der Waals surface area contributed by atoms with E-state index in [9.17, 15) is 4.79 Å². The van der Waals surface area contributed by atoms with Gasteiger partial charge in [0.05, 0.1) is 18.3 Å². The van der Waals surface area contributed by atoms with Crippen molar-refractivity contribution < 1.29 is 9.32 Å². The zero-order valence-electron chi connectivity index (χ0n) is 8.32. The van der Waals surface area contributed by atoms with Crippen molar-refractivity contribution in [3.8, 4) is 0 Å². The van der Waals surface area contributed by atoms with Crippen LogP contribution in [0, 0.1) is 6.92 Å². The number of hydrogen-bond acceptors (Lipinski definition) is 5. The van der Waals surface area contributed by atoms with Gasteiger partial charge in [0, 0.05) is 5.56 Å². The molecule has 0 aromatic carbocycles. The van der Waals surface area contributed by atoms with Gasteiger partial charge in [-0.2, -0.15) is 10.3 Å². The van der Waals surface area contributed by atoms with Crippen LogP contribution in [0.15, 0.2) is 10.7 Å². The number of hydrogen-bond donors (Lipinski definition) is 2. The lowest BCUT2D eigenvalue weighted by Gasteiger charge is -1.99. The summed E-state index contributed by atoms with van der Waals surface area (Å²) in [6, 6.07) is 0. The molecule has 2 aromatic rings. The van der Waals surface area contributed by atoms with Crippen molar-refractivity contribution in [3.63, 3.8) is 0 Å². The lowest BCUT2D eigenvalue weighted by molar-refractivity contribution is -0.115. The van der Waals surface area contributed by atoms with Gasteiger partial charge in [-0.3, -0.25) is 4.79 Å². The van der Waals surface area contributed by atoms with Gasteiger partial charge in [-0.05, 0) is 18.5 Å². The first-order valence-corrected chi connectivity index (χ1v) is 4.81. The Kier molecular flexibility index (Phi) is 2.86. The van der Waals surface area contributed by atoms with Crippen molar-refractivity contribution in [1.82, 2.24) is 20.6 Å². The molecule has 16 heavy (non-hydrogen) atoms. The molecule has 0 fully saturated rings. The molecule has 84 valence electrons. The molecule has 7 nitrogen and oxygen atoms in total. The minimum Gasteiger partial charge on any atom is -0.344 e. The van der Waals surface area contributed by atoms with E-state index in [1.807, 2.05) is 0 Å². The Bertz CT molecular complexity index is 473. The van der Waals surface area contributed by atoms with Gasteiger partial charge in [-0.15, -0.1) is 5.10 Å². The SMILES string of the molecule is Cc1noc(Cl)c1CC(=O)Nc1cn[nH]n1. The topological polar surface area (TPSA) is 96.7 Å². The van der Waals surface area contributed by atoms with Gasteiger partial charge in [0.2, 0.25) is 11.1 Å². The number of anilines is 1. The van der Waals surface area contributed by atoms with Gasteiger partial charge in [0.15, 0.2) is 5.82 Å². The summed E-state index contributed by atoms with van der Waals surface area (Å²) in [4.78, 5) is 11.6. The molecule has 0 aliphatic carbocycles. The summed E-state index contributed by atoms with van der Waals surface area (Å²) in [6.45, 7) is 1.72. The average molecular weight is 242 g/mol. The first-order chi connectivity index (χ1) is 7.66. The third-order valence-corrected chi connectivity index (χ3v) is 2.25. The molecule has 1 amide bonds. The maximum atomic E-state index is 11.6. The fourth-order valence-corrected chi connectivity index (χ4v) is 1.41. The average Bonchev–Trinajstić information content (AvgIpc) is 2.83. The zero-order valence-corrected chi connectivity index (χ0v) is 9.08. The molecule has 0 saturated carbocycles. The van der Waals surface area contributed by atoms with E-state index >= 15 is 0 Å². The van der Waals surface area contributed by atoms with Crippen LogP contribution in [0.2, 0.25) is 5.22 Å². The second-order valence-electron chi connectivity index (χ2n) is 3.10. The number of nitrogens with zero attached hydrogens (tertiary/aromatic N) is 3. The molecule has 0 radical (unpaired) electrons. The van der Waals surface area contributed by atoms with Crippen LogP contribution in [0.4, 0.5) is 5.82 Å². The number of rotatable bonds is 3.